The van der Waals surface area contributed by atoms with Crippen LogP contribution in [0.4, 0.5) is 5.69 Å². The van der Waals surface area contributed by atoms with Crippen molar-refractivity contribution in [3.63, 3.8) is 0 Å². The van der Waals surface area contributed by atoms with Gasteiger partial charge in [0, 0.05) is 17.7 Å². The van der Waals surface area contributed by atoms with E-state index < -0.39 is 0 Å². The van der Waals surface area contributed by atoms with Crippen molar-refractivity contribution in [3.05, 3.63) is 59.7 Å². The maximum absolute atomic E-state index is 12.3. The van der Waals surface area contributed by atoms with Crippen molar-refractivity contribution in [1.82, 2.24) is 0 Å². The molecular weight excluding hydrogens is 386 g/mol. The van der Waals surface area contributed by atoms with Gasteiger partial charge < -0.3 is 10.1 Å². The van der Waals surface area contributed by atoms with Crippen LogP contribution in [0.15, 0.2) is 48.5 Å². The zero-order chi connectivity index (χ0) is 21.4. The van der Waals surface area contributed by atoms with Crippen LogP contribution in [0.5, 0.6) is 5.75 Å². The lowest BCUT2D eigenvalue weighted by Gasteiger charge is -2.57. The molecule has 4 fully saturated rings. The van der Waals surface area contributed by atoms with Gasteiger partial charge in [-0.2, -0.15) is 0 Å². The topological polar surface area (TPSA) is 55.4 Å². The van der Waals surface area contributed by atoms with Crippen LogP contribution in [-0.2, 0) is 10.2 Å². The Labute approximate surface area is 184 Å². The molecule has 0 radical (unpaired) electrons. The molecule has 4 saturated carbocycles. The summed E-state index contributed by atoms with van der Waals surface area (Å²) >= 11 is 0. The van der Waals surface area contributed by atoms with Gasteiger partial charge in [0.2, 0.25) is 0 Å². The van der Waals surface area contributed by atoms with E-state index in [0.29, 0.717) is 23.1 Å². The number of hydrogen-bond acceptors (Lipinski definition) is 3. The van der Waals surface area contributed by atoms with Gasteiger partial charge in [-0.25, -0.2) is 0 Å². The smallest absolute Gasteiger partial charge is 0.262 e. The first-order valence-corrected chi connectivity index (χ1v) is 11.7. The van der Waals surface area contributed by atoms with Crippen LogP contribution in [-0.4, -0.2) is 18.3 Å². The second-order valence-corrected chi connectivity index (χ2v) is 9.91. The molecule has 0 atom stereocenters. The summed E-state index contributed by atoms with van der Waals surface area (Å²) in [5, 5.41) is 2.93. The van der Waals surface area contributed by atoms with Crippen molar-refractivity contribution in [2.24, 2.45) is 17.8 Å². The maximum atomic E-state index is 12.3. The highest BCUT2D eigenvalue weighted by Gasteiger charge is 2.51. The van der Waals surface area contributed by atoms with Crippen molar-refractivity contribution < 1.29 is 14.3 Å². The monoisotopic (exact) mass is 417 g/mol. The van der Waals surface area contributed by atoms with E-state index in [-0.39, 0.29) is 18.3 Å². The van der Waals surface area contributed by atoms with E-state index >= 15 is 0 Å². The van der Waals surface area contributed by atoms with Gasteiger partial charge >= 0.3 is 0 Å². The third kappa shape index (κ3) is 4.13. The molecule has 2 aromatic carbocycles. The fourth-order valence-corrected chi connectivity index (χ4v) is 6.66. The predicted molar refractivity (Wildman–Crippen MR) is 121 cm³/mol. The number of rotatable bonds is 7. The molecule has 0 heterocycles. The standard InChI is InChI=1S/C27H31NO3/c1-2-25(29)21-3-9-24(10-4-21)31-17-26(30)28-23-7-5-22(6-8-23)27-14-18-11-19(15-27)13-20(12-18)16-27/h3-10,18-20H,2,11-17H2,1H3,(H,28,30). The van der Waals surface area contributed by atoms with Crippen LogP contribution in [0.2, 0.25) is 0 Å². The second-order valence-electron chi connectivity index (χ2n) is 9.91. The summed E-state index contributed by atoms with van der Waals surface area (Å²) < 4.78 is 5.57. The molecule has 0 aliphatic heterocycles. The first kappa shape index (κ1) is 20.3. The highest BCUT2D eigenvalue weighted by Crippen LogP contribution is 2.60. The first-order valence-electron chi connectivity index (χ1n) is 11.7. The van der Waals surface area contributed by atoms with Gasteiger partial charge in [-0.1, -0.05) is 19.1 Å². The molecule has 0 unspecified atom stereocenters. The average Bonchev–Trinajstić information content (AvgIpc) is 2.77. The molecule has 0 spiro atoms. The Morgan fingerprint density at radius 2 is 1.48 bits per heavy atom. The number of amides is 1. The SMILES string of the molecule is CCC(=O)c1ccc(OCC(=O)Nc2ccc(C34CC5CC(CC(C5)C3)C4)cc2)cc1. The fraction of sp³-hybridized carbons (Fsp3) is 0.481. The first-order chi connectivity index (χ1) is 15.0. The van der Waals surface area contributed by atoms with Crippen molar-refractivity contribution in [2.45, 2.75) is 57.3 Å². The van der Waals surface area contributed by atoms with Gasteiger partial charge in [-0.15, -0.1) is 0 Å². The van der Waals surface area contributed by atoms with Crippen LogP contribution >= 0.6 is 0 Å². The minimum atomic E-state index is -0.184. The molecule has 31 heavy (non-hydrogen) atoms. The molecule has 0 aromatic heterocycles. The summed E-state index contributed by atoms with van der Waals surface area (Å²) in [5.74, 6) is 3.28. The van der Waals surface area contributed by atoms with E-state index in [0.717, 1.165) is 23.4 Å². The van der Waals surface area contributed by atoms with E-state index in [2.05, 4.69) is 17.4 Å². The lowest BCUT2D eigenvalue weighted by atomic mass is 9.48. The molecule has 162 valence electrons. The summed E-state index contributed by atoms with van der Waals surface area (Å²) in [5.41, 5.74) is 3.32. The van der Waals surface area contributed by atoms with E-state index in [4.69, 9.17) is 4.74 Å². The number of hydrogen-bond donors (Lipinski definition) is 1. The lowest BCUT2D eigenvalue weighted by molar-refractivity contribution is -0.118. The summed E-state index contributed by atoms with van der Waals surface area (Å²) in [6.07, 6.45) is 8.87. The van der Waals surface area contributed by atoms with Crippen LogP contribution in [0.1, 0.15) is 67.8 Å². The highest BCUT2D eigenvalue weighted by molar-refractivity contribution is 5.96. The van der Waals surface area contributed by atoms with Crippen molar-refractivity contribution in [2.75, 3.05) is 11.9 Å². The Morgan fingerprint density at radius 1 is 0.903 bits per heavy atom. The molecule has 1 amide bonds. The van der Waals surface area contributed by atoms with Crippen molar-refractivity contribution in [3.8, 4) is 5.75 Å². The maximum Gasteiger partial charge on any atom is 0.262 e. The normalized spacial score (nSPS) is 28.4. The Balaban J connectivity index is 1.17. The number of anilines is 1. The van der Waals surface area contributed by atoms with Crippen LogP contribution < -0.4 is 10.1 Å². The van der Waals surface area contributed by atoms with Gasteiger partial charge in [0.05, 0.1) is 0 Å². The van der Waals surface area contributed by atoms with Gasteiger partial charge in [-0.05, 0) is 104 Å². The second kappa shape index (κ2) is 8.14. The summed E-state index contributed by atoms with van der Waals surface area (Å²) in [7, 11) is 0. The number of Topliss-reactive ketones (excluding diaryl/α,β-unsaturated/α-hetero) is 1. The molecule has 4 bridgehead atoms. The molecule has 2 aromatic rings. The number of benzene rings is 2. The van der Waals surface area contributed by atoms with E-state index in [9.17, 15) is 9.59 Å². The minimum absolute atomic E-state index is 0.0577. The molecule has 1 N–H and O–H groups in total. The van der Waals surface area contributed by atoms with E-state index in [1.165, 1.54) is 44.1 Å². The zero-order valence-electron chi connectivity index (χ0n) is 18.2. The molecule has 0 saturated heterocycles. The number of carbonyl (C=O) groups excluding carboxylic acids is 2. The van der Waals surface area contributed by atoms with Crippen LogP contribution in [0.25, 0.3) is 0 Å². The molecule has 4 nitrogen and oxygen atoms in total. The Hall–Kier alpha value is -2.62. The van der Waals surface area contributed by atoms with Gasteiger partial charge in [-0.3, -0.25) is 9.59 Å². The summed E-state index contributed by atoms with van der Waals surface area (Å²) in [6, 6.07) is 15.5. The van der Waals surface area contributed by atoms with Gasteiger partial charge in [0.1, 0.15) is 5.75 Å². The average molecular weight is 418 g/mol. The largest absolute Gasteiger partial charge is 0.484 e. The van der Waals surface area contributed by atoms with Crippen LogP contribution in [0.3, 0.4) is 0 Å². The van der Waals surface area contributed by atoms with E-state index in [1.54, 1.807) is 24.3 Å². The minimum Gasteiger partial charge on any atom is -0.484 e. The Kier molecular flexibility index (Phi) is 5.33. The van der Waals surface area contributed by atoms with Crippen LogP contribution in [0, 0.1) is 17.8 Å². The number of carbonyl (C=O) groups is 2. The Bertz CT molecular complexity index is 926. The molecule has 4 aliphatic carbocycles. The number of ether oxygens (including phenoxy) is 1. The number of ketones is 1. The number of nitrogens with one attached hydrogen (secondary N) is 1. The molecular formula is C27H31NO3. The van der Waals surface area contributed by atoms with Crippen molar-refractivity contribution >= 4 is 17.4 Å². The zero-order valence-corrected chi connectivity index (χ0v) is 18.2. The quantitative estimate of drug-likeness (QED) is 0.582. The third-order valence-electron chi connectivity index (χ3n) is 7.69. The fourth-order valence-electron chi connectivity index (χ4n) is 6.66. The third-order valence-corrected chi connectivity index (χ3v) is 7.69. The molecule has 6 rings (SSSR count). The summed E-state index contributed by atoms with van der Waals surface area (Å²) in [4.78, 5) is 24.0. The predicted octanol–water partition coefficient (Wildman–Crippen LogP) is 5.76. The van der Waals surface area contributed by atoms with Gasteiger partial charge in [0.15, 0.2) is 12.4 Å². The highest BCUT2D eigenvalue weighted by atomic mass is 16.5. The molecule has 4 aliphatic rings. The summed E-state index contributed by atoms with van der Waals surface area (Å²) in [6.45, 7) is 1.78. The Morgan fingerprint density at radius 3 is 2.03 bits per heavy atom. The van der Waals surface area contributed by atoms with E-state index in [1.807, 2.05) is 19.1 Å². The van der Waals surface area contributed by atoms with Gasteiger partial charge in [0.25, 0.3) is 5.91 Å². The lowest BCUT2D eigenvalue weighted by Crippen LogP contribution is -2.48. The van der Waals surface area contributed by atoms with Crippen molar-refractivity contribution in [1.29, 1.82) is 0 Å². The molecule has 4 heteroatoms.